The highest BCUT2D eigenvalue weighted by Crippen LogP contribution is 2.20. The van der Waals surface area contributed by atoms with Gasteiger partial charge in [0.25, 0.3) is 10.0 Å². The number of esters is 1. The van der Waals surface area contributed by atoms with Gasteiger partial charge in [0.1, 0.15) is 5.04 Å². The number of hydrogen-bond acceptors (Lipinski definition) is 6. The van der Waals surface area contributed by atoms with E-state index < -0.39 is 21.9 Å². The Bertz CT molecular complexity index is 709. The van der Waals surface area contributed by atoms with Crippen molar-refractivity contribution in [1.82, 2.24) is 0 Å². The van der Waals surface area contributed by atoms with Crippen LogP contribution in [0.15, 0.2) is 38.0 Å². The molecule has 0 aliphatic rings. The highest BCUT2D eigenvalue weighted by atomic mass is 79.9. The van der Waals surface area contributed by atoms with Crippen LogP contribution in [0.3, 0.4) is 0 Å². The Labute approximate surface area is 141 Å². The van der Waals surface area contributed by atoms with Crippen LogP contribution in [0.1, 0.15) is 6.92 Å². The highest BCUT2D eigenvalue weighted by Gasteiger charge is 2.28. The van der Waals surface area contributed by atoms with Crippen molar-refractivity contribution >= 4 is 48.7 Å². The number of benzene rings is 1. The maximum absolute atomic E-state index is 12.2. The van der Waals surface area contributed by atoms with E-state index in [1.54, 1.807) is 31.4 Å². The molecule has 0 amide bonds. The minimum absolute atomic E-state index is 0.0252. The third-order valence-electron chi connectivity index (χ3n) is 2.43. The monoisotopic (exact) mass is 404 g/mol. The van der Waals surface area contributed by atoms with E-state index >= 15 is 0 Å². The fourth-order valence-electron chi connectivity index (χ4n) is 1.42. The SMILES string of the molecule is CCOC(=O)C(C#N)/C(=N\S(=O)(=O)c1ccc(Br)cc1)SC. The van der Waals surface area contributed by atoms with Crippen LogP contribution < -0.4 is 0 Å². The number of halogens is 1. The van der Waals surface area contributed by atoms with E-state index in [-0.39, 0.29) is 16.5 Å². The minimum atomic E-state index is -4.00. The van der Waals surface area contributed by atoms with Crippen molar-refractivity contribution in [2.45, 2.75) is 11.8 Å². The minimum Gasteiger partial charge on any atom is -0.465 e. The van der Waals surface area contributed by atoms with E-state index in [0.717, 1.165) is 16.2 Å². The molecule has 0 aromatic heterocycles. The summed E-state index contributed by atoms with van der Waals surface area (Å²) in [6.07, 6.45) is 1.54. The molecule has 0 aliphatic carbocycles. The largest absolute Gasteiger partial charge is 0.465 e. The standard InChI is InChI=1S/C13H13BrN2O4S2/c1-3-20-13(17)11(8-15)12(21-2)16-22(18,19)10-6-4-9(14)5-7-10/h4-7,11H,3H2,1-2H3/b16-12+. The predicted molar refractivity (Wildman–Crippen MR) is 88.0 cm³/mol. The molecule has 1 rings (SSSR count). The topological polar surface area (TPSA) is 96.6 Å². The Morgan fingerprint density at radius 1 is 1.45 bits per heavy atom. The third-order valence-corrected chi connectivity index (χ3v) is 5.12. The van der Waals surface area contributed by atoms with Crippen LogP contribution in [0.2, 0.25) is 0 Å². The molecule has 1 atom stereocenters. The molecule has 0 radical (unpaired) electrons. The molecule has 0 saturated heterocycles. The van der Waals surface area contributed by atoms with Crippen LogP contribution in [-0.4, -0.2) is 32.3 Å². The summed E-state index contributed by atoms with van der Waals surface area (Å²) in [5.74, 6) is -2.18. The first-order valence-electron chi connectivity index (χ1n) is 6.06. The van der Waals surface area contributed by atoms with E-state index in [4.69, 9.17) is 10.00 Å². The molecule has 1 aromatic carbocycles. The number of carbonyl (C=O) groups excluding carboxylic acids is 1. The number of nitrogens with zero attached hydrogens (tertiary/aromatic N) is 2. The summed E-state index contributed by atoms with van der Waals surface area (Å²) in [5, 5.41) is 8.96. The van der Waals surface area contributed by atoms with Crippen LogP contribution in [-0.2, 0) is 19.6 Å². The molecule has 9 heteroatoms. The molecule has 118 valence electrons. The smallest absolute Gasteiger partial charge is 0.330 e. The zero-order valence-electron chi connectivity index (χ0n) is 11.8. The lowest BCUT2D eigenvalue weighted by molar-refractivity contribution is -0.143. The lowest BCUT2D eigenvalue weighted by atomic mass is 10.2. The second kappa shape index (κ2) is 8.31. The molecular weight excluding hydrogens is 392 g/mol. The summed E-state index contributed by atoms with van der Waals surface area (Å²) in [6, 6.07) is 7.61. The van der Waals surface area contributed by atoms with Gasteiger partial charge in [0.15, 0.2) is 5.92 Å². The lowest BCUT2D eigenvalue weighted by Gasteiger charge is -2.09. The number of hydrogen-bond donors (Lipinski definition) is 0. The zero-order valence-corrected chi connectivity index (χ0v) is 15.0. The van der Waals surface area contributed by atoms with E-state index in [9.17, 15) is 13.2 Å². The molecule has 0 bridgehead atoms. The number of ether oxygens (including phenoxy) is 1. The predicted octanol–water partition coefficient (Wildman–Crippen LogP) is 2.60. The normalized spacial score (nSPS) is 13.3. The van der Waals surface area contributed by atoms with Gasteiger partial charge in [0.05, 0.1) is 17.6 Å². The van der Waals surface area contributed by atoms with Crippen LogP contribution in [0.4, 0.5) is 0 Å². The van der Waals surface area contributed by atoms with Crippen molar-refractivity contribution in [2.75, 3.05) is 12.9 Å². The molecule has 0 spiro atoms. The summed E-state index contributed by atoms with van der Waals surface area (Å²) in [6.45, 7) is 1.69. The highest BCUT2D eigenvalue weighted by molar-refractivity contribution is 9.10. The second-order valence-electron chi connectivity index (χ2n) is 3.88. The molecule has 0 saturated carbocycles. The van der Waals surface area contributed by atoms with Crippen LogP contribution >= 0.6 is 27.7 Å². The van der Waals surface area contributed by atoms with E-state index in [1.165, 1.54) is 12.1 Å². The number of rotatable bonds is 5. The van der Waals surface area contributed by atoms with Gasteiger partial charge < -0.3 is 4.74 Å². The maximum Gasteiger partial charge on any atom is 0.330 e. The van der Waals surface area contributed by atoms with Gasteiger partial charge in [-0.2, -0.15) is 18.1 Å². The first-order valence-corrected chi connectivity index (χ1v) is 9.52. The first-order chi connectivity index (χ1) is 10.4. The van der Waals surface area contributed by atoms with Gasteiger partial charge in [0.2, 0.25) is 0 Å². The van der Waals surface area contributed by atoms with Crippen molar-refractivity contribution in [1.29, 1.82) is 5.26 Å². The second-order valence-corrected chi connectivity index (χ2v) is 7.22. The van der Waals surface area contributed by atoms with Gasteiger partial charge in [0, 0.05) is 4.47 Å². The Balaban J connectivity index is 3.22. The van der Waals surface area contributed by atoms with Crippen LogP contribution in [0, 0.1) is 17.2 Å². The van der Waals surface area contributed by atoms with Gasteiger partial charge in [-0.15, -0.1) is 11.8 Å². The maximum atomic E-state index is 12.2. The number of thioether (sulfide) groups is 1. The molecule has 0 heterocycles. The fraction of sp³-hybridized carbons (Fsp3) is 0.308. The van der Waals surface area contributed by atoms with E-state index in [2.05, 4.69) is 20.3 Å². The molecular formula is C13H13BrN2O4S2. The van der Waals surface area contributed by atoms with E-state index in [0.29, 0.717) is 0 Å². The Kier molecular flexibility index (Phi) is 7.06. The van der Waals surface area contributed by atoms with Crippen molar-refractivity contribution in [2.24, 2.45) is 10.3 Å². The Hall–Kier alpha value is -1.37. The summed E-state index contributed by atoms with van der Waals surface area (Å²) in [5.41, 5.74) is 0. The third kappa shape index (κ3) is 4.83. The molecule has 0 aliphatic heterocycles. The summed E-state index contributed by atoms with van der Waals surface area (Å²) < 4.78 is 33.6. The number of carbonyl (C=O) groups is 1. The average Bonchev–Trinajstić information content (AvgIpc) is 2.47. The van der Waals surface area contributed by atoms with Crippen molar-refractivity contribution in [3.8, 4) is 6.07 Å². The molecule has 6 nitrogen and oxygen atoms in total. The molecule has 22 heavy (non-hydrogen) atoms. The van der Waals surface area contributed by atoms with Crippen molar-refractivity contribution in [3.05, 3.63) is 28.7 Å². The average molecular weight is 405 g/mol. The van der Waals surface area contributed by atoms with Gasteiger partial charge in [-0.3, -0.25) is 4.79 Å². The van der Waals surface area contributed by atoms with Gasteiger partial charge in [-0.25, -0.2) is 0 Å². The Morgan fingerprint density at radius 2 is 2.05 bits per heavy atom. The van der Waals surface area contributed by atoms with Gasteiger partial charge in [-0.05, 0) is 37.4 Å². The van der Waals surface area contributed by atoms with Crippen LogP contribution in [0.5, 0.6) is 0 Å². The van der Waals surface area contributed by atoms with Crippen molar-refractivity contribution < 1.29 is 17.9 Å². The molecule has 1 aromatic rings. The summed E-state index contributed by atoms with van der Waals surface area (Å²) in [7, 11) is -4.00. The molecule has 0 N–H and O–H groups in total. The van der Waals surface area contributed by atoms with Gasteiger partial charge >= 0.3 is 5.97 Å². The van der Waals surface area contributed by atoms with E-state index in [1.807, 2.05) is 0 Å². The molecule has 1 unspecified atom stereocenters. The lowest BCUT2D eigenvalue weighted by Crippen LogP contribution is -2.23. The summed E-state index contributed by atoms with van der Waals surface area (Å²) >= 11 is 4.13. The van der Waals surface area contributed by atoms with Gasteiger partial charge in [-0.1, -0.05) is 15.9 Å². The quantitative estimate of drug-likeness (QED) is 0.425. The first kappa shape index (κ1) is 18.7. The Morgan fingerprint density at radius 3 is 2.50 bits per heavy atom. The van der Waals surface area contributed by atoms with Crippen LogP contribution in [0.25, 0.3) is 0 Å². The zero-order chi connectivity index (χ0) is 16.8. The number of nitriles is 1. The molecule has 0 fully saturated rings. The number of sulfonamides is 1. The fourth-order valence-corrected chi connectivity index (χ4v) is 3.59. The van der Waals surface area contributed by atoms with Crippen molar-refractivity contribution in [3.63, 3.8) is 0 Å². The summed E-state index contributed by atoms with van der Waals surface area (Å²) in [4.78, 5) is 11.7.